The molecule has 1 N–H and O–H groups in total. The van der Waals surface area contributed by atoms with Crippen LogP contribution in [0.2, 0.25) is 5.15 Å². The van der Waals surface area contributed by atoms with Gasteiger partial charge in [-0.15, -0.1) is 0 Å². The summed E-state index contributed by atoms with van der Waals surface area (Å²) < 4.78 is 28.5. The van der Waals surface area contributed by atoms with Gasteiger partial charge in [0.25, 0.3) is 10.0 Å². The van der Waals surface area contributed by atoms with Crippen molar-refractivity contribution in [1.82, 2.24) is 13.7 Å². The number of halogens is 1. The second kappa shape index (κ2) is 6.31. The van der Waals surface area contributed by atoms with Crippen molar-refractivity contribution in [3.05, 3.63) is 29.5 Å². The zero-order chi connectivity index (χ0) is 15.6. The fourth-order valence-electron chi connectivity index (χ4n) is 2.17. The lowest BCUT2D eigenvalue weighted by Gasteiger charge is -2.25. The molecule has 2 aromatic rings. The first-order valence-electron chi connectivity index (χ1n) is 6.65. The van der Waals surface area contributed by atoms with Crippen LogP contribution in [0.3, 0.4) is 0 Å². The van der Waals surface area contributed by atoms with E-state index in [4.69, 9.17) is 16.7 Å². The van der Waals surface area contributed by atoms with Crippen molar-refractivity contribution < 1.29 is 13.5 Å². The summed E-state index contributed by atoms with van der Waals surface area (Å²) in [6, 6.07) is 4.93. The minimum Gasteiger partial charge on any atom is -0.396 e. The Hall–Kier alpha value is -1.15. The molecule has 0 spiro atoms. The van der Waals surface area contributed by atoms with Gasteiger partial charge in [-0.25, -0.2) is 13.4 Å². The smallest absolute Gasteiger partial charge is 0.262 e. The van der Waals surface area contributed by atoms with E-state index in [1.165, 1.54) is 8.71 Å². The second-order valence-corrected chi connectivity index (χ2v) is 7.09. The molecule has 6 nitrogen and oxygen atoms in total. The van der Waals surface area contributed by atoms with E-state index in [0.29, 0.717) is 12.1 Å². The lowest BCUT2D eigenvalue weighted by Crippen LogP contribution is -2.38. The number of aliphatic hydroxyl groups is 1. The Morgan fingerprint density at radius 3 is 2.76 bits per heavy atom. The van der Waals surface area contributed by atoms with Gasteiger partial charge in [-0.05, 0) is 32.4 Å². The predicted octanol–water partition coefficient (Wildman–Crippen LogP) is 1.77. The molecule has 0 aliphatic rings. The van der Waals surface area contributed by atoms with Crippen LogP contribution in [0.1, 0.15) is 20.3 Å². The van der Waals surface area contributed by atoms with Crippen LogP contribution in [-0.2, 0) is 10.0 Å². The number of fused-ring (bicyclic) bond motifs is 1. The highest BCUT2D eigenvalue weighted by atomic mass is 35.5. The first-order chi connectivity index (χ1) is 9.89. The van der Waals surface area contributed by atoms with Gasteiger partial charge in [0.15, 0.2) is 10.2 Å². The molecule has 0 aliphatic carbocycles. The first kappa shape index (κ1) is 16.2. The standard InChI is InChI=1S/C13H18ClN3O3S/c1-10(2)17(8-5-9-18)21(19,20)13-12(14)15-11-6-3-4-7-16(11)13/h3-4,6-7,10,18H,5,8-9H2,1-2H3. The molecule has 0 radical (unpaired) electrons. The van der Waals surface area contributed by atoms with E-state index in [0.717, 1.165) is 0 Å². The zero-order valence-electron chi connectivity index (χ0n) is 11.9. The lowest BCUT2D eigenvalue weighted by atomic mass is 10.3. The Bertz CT molecular complexity index is 727. The minimum atomic E-state index is -3.80. The Morgan fingerprint density at radius 1 is 1.43 bits per heavy atom. The van der Waals surface area contributed by atoms with E-state index < -0.39 is 10.0 Å². The molecular weight excluding hydrogens is 314 g/mol. The summed E-state index contributed by atoms with van der Waals surface area (Å²) in [6.07, 6.45) is 1.98. The number of nitrogens with zero attached hydrogens (tertiary/aromatic N) is 3. The van der Waals surface area contributed by atoms with E-state index >= 15 is 0 Å². The monoisotopic (exact) mass is 331 g/mol. The molecule has 0 fully saturated rings. The number of imidazole rings is 1. The van der Waals surface area contributed by atoms with E-state index in [2.05, 4.69) is 4.98 Å². The number of aliphatic hydroxyl groups excluding tert-OH is 1. The number of hydrogen-bond acceptors (Lipinski definition) is 4. The molecule has 0 saturated heterocycles. The van der Waals surface area contributed by atoms with Crippen LogP contribution < -0.4 is 0 Å². The summed E-state index contributed by atoms with van der Waals surface area (Å²) in [6.45, 7) is 3.73. The van der Waals surface area contributed by atoms with Gasteiger partial charge in [0, 0.05) is 25.4 Å². The molecule has 8 heteroatoms. The molecule has 2 heterocycles. The van der Waals surface area contributed by atoms with Gasteiger partial charge in [-0.1, -0.05) is 17.7 Å². The number of aromatic nitrogens is 2. The Kier molecular flexibility index (Phi) is 4.88. The topological polar surface area (TPSA) is 74.9 Å². The van der Waals surface area contributed by atoms with Gasteiger partial charge in [-0.2, -0.15) is 4.31 Å². The molecule has 0 bridgehead atoms. The molecule has 0 atom stereocenters. The molecule has 2 aromatic heterocycles. The lowest BCUT2D eigenvalue weighted by molar-refractivity contribution is 0.258. The fraction of sp³-hybridized carbons (Fsp3) is 0.462. The first-order valence-corrected chi connectivity index (χ1v) is 8.46. The summed E-state index contributed by atoms with van der Waals surface area (Å²) in [7, 11) is -3.80. The van der Waals surface area contributed by atoms with Crippen molar-refractivity contribution in [2.75, 3.05) is 13.2 Å². The van der Waals surface area contributed by atoms with Gasteiger partial charge in [0.2, 0.25) is 0 Å². The van der Waals surface area contributed by atoms with Crippen LogP contribution in [0.4, 0.5) is 0 Å². The number of pyridine rings is 1. The highest BCUT2D eigenvalue weighted by Gasteiger charge is 2.32. The number of rotatable bonds is 6. The van der Waals surface area contributed by atoms with Crippen molar-refractivity contribution in [3.63, 3.8) is 0 Å². The van der Waals surface area contributed by atoms with Crippen LogP contribution >= 0.6 is 11.6 Å². The van der Waals surface area contributed by atoms with Crippen LogP contribution in [0.15, 0.2) is 29.4 Å². The molecule has 0 unspecified atom stereocenters. The van der Waals surface area contributed by atoms with Crippen LogP contribution in [-0.4, -0.2) is 46.4 Å². The van der Waals surface area contributed by atoms with Crippen molar-refractivity contribution in [1.29, 1.82) is 0 Å². The van der Waals surface area contributed by atoms with Crippen molar-refractivity contribution >= 4 is 27.3 Å². The van der Waals surface area contributed by atoms with Crippen LogP contribution in [0.25, 0.3) is 5.65 Å². The summed E-state index contributed by atoms with van der Waals surface area (Å²) in [5.41, 5.74) is 0.479. The molecule has 0 saturated carbocycles. The average Bonchev–Trinajstić information content (AvgIpc) is 2.74. The van der Waals surface area contributed by atoms with Crippen molar-refractivity contribution in [2.24, 2.45) is 0 Å². The second-order valence-electron chi connectivity index (χ2n) is 4.92. The van der Waals surface area contributed by atoms with Gasteiger partial charge < -0.3 is 5.11 Å². The Labute approximate surface area is 129 Å². The molecule has 0 aliphatic heterocycles. The molecule has 116 valence electrons. The van der Waals surface area contributed by atoms with E-state index in [-0.39, 0.29) is 29.4 Å². The summed E-state index contributed by atoms with van der Waals surface area (Å²) >= 11 is 6.05. The molecular formula is C13H18ClN3O3S. The third-order valence-electron chi connectivity index (χ3n) is 3.11. The maximum atomic E-state index is 12.9. The Balaban J connectivity index is 2.57. The SMILES string of the molecule is CC(C)N(CCCO)S(=O)(=O)c1c(Cl)nc2ccccn12. The summed E-state index contributed by atoms with van der Waals surface area (Å²) in [5.74, 6) is 0. The molecule has 21 heavy (non-hydrogen) atoms. The fourth-order valence-corrected chi connectivity index (χ4v) is 4.45. The van der Waals surface area contributed by atoms with E-state index in [9.17, 15) is 8.42 Å². The average molecular weight is 332 g/mol. The molecule has 2 rings (SSSR count). The van der Waals surface area contributed by atoms with Gasteiger partial charge in [0.05, 0.1) is 0 Å². The van der Waals surface area contributed by atoms with Gasteiger partial charge in [0.1, 0.15) is 5.65 Å². The van der Waals surface area contributed by atoms with Crippen molar-refractivity contribution in [2.45, 2.75) is 31.3 Å². The third kappa shape index (κ3) is 3.06. The summed E-state index contributed by atoms with van der Waals surface area (Å²) in [4.78, 5) is 4.07. The predicted molar refractivity (Wildman–Crippen MR) is 80.9 cm³/mol. The van der Waals surface area contributed by atoms with Crippen LogP contribution in [0, 0.1) is 0 Å². The van der Waals surface area contributed by atoms with Crippen LogP contribution in [0.5, 0.6) is 0 Å². The molecule has 0 amide bonds. The number of sulfonamides is 1. The zero-order valence-corrected chi connectivity index (χ0v) is 13.5. The van der Waals surface area contributed by atoms with E-state index in [1.54, 1.807) is 38.2 Å². The highest BCUT2D eigenvalue weighted by Crippen LogP contribution is 2.26. The van der Waals surface area contributed by atoms with Crippen molar-refractivity contribution in [3.8, 4) is 0 Å². The summed E-state index contributed by atoms with van der Waals surface area (Å²) in [5, 5.41) is 8.87. The Morgan fingerprint density at radius 2 is 2.14 bits per heavy atom. The quantitative estimate of drug-likeness (QED) is 0.875. The normalized spacial score (nSPS) is 12.7. The van der Waals surface area contributed by atoms with E-state index in [1.807, 2.05) is 0 Å². The highest BCUT2D eigenvalue weighted by molar-refractivity contribution is 7.89. The maximum absolute atomic E-state index is 12.9. The number of hydrogen-bond donors (Lipinski definition) is 1. The largest absolute Gasteiger partial charge is 0.396 e. The minimum absolute atomic E-state index is 0.0357. The molecule has 0 aromatic carbocycles. The maximum Gasteiger partial charge on any atom is 0.262 e. The third-order valence-corrected chi connectivity index (χ3v) is 5.59. The van der Waals surface area contributed by atoms with Gasteiger partial charge >= 0.3 is 0 Å². The van der Waals surface area contributed by atoms with Gasteiger partial charge in [-0.3, -0.25) is 4.40 Å².